The smallest absolute Gasteiger partial charge is 0.150 e. The van der Waals surface area contributed by atoms with E-state index in [4.69, 9.17) is 11.6 Å². The van der Waals surface area contributed by atoms with Gasteiger partial charge in [0.2, 0.25) is 0 Å². The molecule has 0 aliphatic rings. The average Bonchev–Trinajstić information content (AvgIpc) is 2.38. The Morgan fingerprint density at radius 1 is 1.28 bits per heavy atom. The van der Waals surface area contributed by atoms with Crippen molar-refractivity contribution < 1.29 is 8.42 Å². The number of halogens is 1. The van der Waals surface area contributed by atoms with Gasteiger partial charge in [0.15, 0.2) is 0 Å². The second-order valence-electron chi connectivity index (χ2n) is 4.22. The van der Waals surface area contributed by atoms with E-state index in [9.17, 15) is 8.42 Å². The zero-order valence-electron chi connectivity index (χ0n) is 10.7. The Bertz CT molecular complexity index is 460. The summed E-state index contributed by atoms with van der Waals surface area (Å²) in [5.74, 6) is 1.01. The maximum absolute atomic E-state index is 11.3. The van der Waals surface area contributed by atoms with Crippen molar-refractivity contribution in [2.75, 3.05) is 18.1 Å². The largest absolute Gasteiger partial charge is 0.313 e. The molecule has 1 aromatic carbocycles. The molecule has 0 saturated carbocycles. The van der Waals surface area contributed by atoms with Crippen molar-refractivity contribution in [1.82, 2.24) is 5.32 Å². The molecular formula is C13H20ClNO2S. The van der Waals surface area contributed by atoms with Gasteiger partial charge < -0.3 is 5.32 Å². The van der Waals surface area contributed by atoms with E-state index in [1.165, 1.54) is 5.56 Å². The average molecular weight is 290 g/mol. The molecule has 0 heterocycles. The zero-order valence-corrected chi connectivity index (χ0v) is 12.2. The van der Waals surface area contributed by atoms with Gasteiger partial charge >= 0.3 is 0 Å². The van der Waals surface area contributed by atoms with E-state index in [-0.39, 0.29) is 11.5 Å². The molecule has 0 atom stereocenters. The Morgan fingerprint density at radius 3 is 2.67 bits per heavy atom. The summed E-state index contributed by atoms with van der Waals surface area (Å²) in [5.41, 5.74) is 2.27. The lowest BCUT2D eigenvalue weighted by Gasteiger charge is -2.06. The molecule has 102 valence electrons. The number of benzene rings is 1. The summed E-state index contributed by atoms with van der Waals surface area (Å²) in [6.45, 7) is 3.14. The highest BCUT2D eigenvalue weighted by atomic mass is 35.5. The summed E-state index contributed by atoms with van der Waals surface area (Å²) in [6, 6.07) is 8.06. The second-order valence-corrected chi connectivity index (χ2v) is 6.96. The molecule has 0 aliphatic carbocycles. The maximum atomic E-state index is 11.3. The van der Waals surface area contributed by atoms with Crippen molar-refractivity contribution in [1.29, 1.82) is 0 Å². The highest BCUT2D eigenvalue weighted by molar-refractivity contribution is 7.91. The SMILES string of the molecule is CCS(=O)(=O)CCCNCc1cccc(CCl)c1. The summed E-state index contributed by atoms with van der Waals surface area (Å²) < 4.78 is 22.5. The van der Waals surface area contributed by atoms with Crippen LogP contribution in [0, 0.1) is 0 Å². The fourth-order valence-corrected chi connectivity index (χ4v) is 2.66. The molecule has 0 fully saturated rings. The number of hydrogen-bond donors (Lipinski definition) is 1. The van der Waals surface area contributed by atoms with Gasteiger partial charge in [-0.15, -0.1) is 11.6 Å². The lowest BCUT2D eigenvalue weighted by molar-refractivity contribution is 0.590. The molecule has 18 heavy (non-hydrogen) atoms. The molecular weight excluding hydrogens is 270 g/mol. The normalized spacial score (nSPS) is 11.7. The predicted molar refractivity (Wildman–Crippen MR) is 76.7 cm³/mol. The van der Waals surface area contributed by atoms with Crippen molar-refractivity contribution >= 4 is 21.4 Å². The monoisotopic (exact) mass is 289 g/mol. The topological polar surface area (TPSA) is 46.2 Å². The van der Waals surface area contributed by atoms with Crippen LogP contribution in [0.4, 0.5) is 0 Å². The molecule has 0 bridgehead atoms. The maximum Gasteiger partial charge on any atom is 0.150 e. The van der Waals surface area contributed by atoms with Crippen molar-refractivity contribution in [3.63, 3.8) is 0 Å². The summed E-state index contributed by atoms with van der Waals surface area (Å²) >= 11 is 5.76. The first-order valence-corrected chi connectivity index (χ1v) is 8.48. The minimum atomic E-state index is -2.83. The molecule has 3 nitrogen and oxygen atoms in total. The van der Waals surface area contributed by atoms with Crippen molar-refractivity contribution in [3.8, 4) is 0 Å². The van der Waals surface area contributed by atoms with Gasteiger partial charge in [-0.1, -0.05) is 31.2 Å². The van der Waals surface area contributed by atoms with Crippen molar-refractivity contribution in [2.45, 2.75) is 25.8 Å². The fourth-order valence-electron chi connectivity index (χ4n) is 1.62. The molecule has 0 spiro atoms. The minimum Gasteiger partial charge on any atom is -0.313 e. The van der Waals surface area contributed by atoms with Crippen LogP contribution in [-0.4, -0.2) is 26.5 Å². The summed E-state index contributed by atoms with van der Waals surface area (Å²) in [5, 5.41) is 3.24. The van der Waals surface area contributed by atoms with E-state index in [1.807, 2.05) is 18.2 Å². The summed E-state index contributed by atoms with van der Waals surface area (Å²) in [4.78, 5) is 0. The standard InChI is InChI=1S/C13H20ClNO2S/c1-2-18(16,17)8-4-7-15-11-13-6-3-5-12(9-13)10-14/h3,5-6,9,15H,2,4,7-8,10-11H2,1H3. The lowest BCUT2D eigenvalue weighted by Crippen LogP contribution is -2.19. The van der Waals surface area contributed by atoms with Gasteiger partial charge in [0.05, 0.1) is 5.75 Å². The van der Waals surface area contributed by atoms with Crippen LogP contribution in [0.1, 0.15) is 24.5 Å². The number of sulfone groups is 1. The molecule has 0 aromatic heterocycles. The lowest BCUT2D eigenvalue weighted by atomic mass is 10.1. The predicted octanol–water partition coefficient (Wildman–Crippen LogP) is 2.34. The van der Waals surface area contributed by atoms with Crippen LogP contribution >= 0.6 is 11.6 Å². The van der Waals surface area contributed by atoms with Gasteiger partial charge in [0.25, 0.3) is 0 Å². The molecule has 1 rings (SSSR count). The molecule has 0 aliphatic heterocycles. The van der Waals surface area contributed by atoms with E-state index in [2.05, 4.69) is 11.4 Å². The van der Waals surface area contributed by atoms with Crippen molar-refractivity contribution in [3.05, 3.63) is 35.4 Å². The Balaban J connectivity index is 2.25. The van der Waals surface area contributed by atoms with E-state index < -0.39 is 9.84 Å². The van der Waals surface area contributed by atoms with Crippen LogP contribution in [-0.2, 0) is 22.3 Å². The van der Waals surface area contributed by atoms with Crippen LogP contribution in [0.3, 0.4) is 0 Å². The molecule has 5 heteroatoms. The fraction of sp³-hybridized carbons (Fsp3) is 0.538. The number of alkyl halides is 1. The van der Waals surface area contributed by atoms with Crippen LogP contribution in [0.25, 0.3) is 0 Å². The van der Waals surface area contributed by atoms with Crippen LogP contribution < -0.4 is 5.32 Å². The Kier molecular flexibility index (Phi) is 6.68. The number of hydrogen-bond acceptors (Lipinski definition) is 3. The van der Waals surface area contributed by atoms with Crippen LogP contribution in [0.2, 0.25) is 0 Å². The third-order valence-corrected chi connectivity index (χ3v) is 4.82. The molecule has 1 aromatic rings. The van der Waals surface area contributed by atoms with E-state index >= 15 is 0 Å². The second kappa shape index (κ2) is 7.77. The van der Waals surface area contributed by atoms with E-state index in [1.54, 1.807) is 6.92 Å². The number of nitrogens with one attached hydrogen (secondary N) is 1. The van der Waals surface area contributed by atoms with Gasteiger partial charge in [-0.2, -0.15) is 0 Å². The first kappa shape index (κ1) is 15.5. The van der Waals surface area contributed by atoms with Crippen LogP contribution in [0.15, 0.2) is 24.3 Å². The third-order valence-electron chi connectivity index (χ3n) is 2.72. The van der Waals surface area contributed by atoms with Gasteiger partial charge in [-0.3, -0.25) is 0 Å². The van der Waals surface area contributed by atoms with Crippen LogP contribution in [0.5, 0.6) is 0 Å². The minimum absolute atomic E-state index is 0.227. The Morgan fingerprint density at radius 2 is 2.00 bits per heavy atom. The van der Waals surface area contributed by atoms with Gasteiger partial charge in [-0.05, 0) is 24.1 Å². The van der Waals surface area contributed by atoms with Gasteiger partial charge in [0.1, 0.15) is 9.84 Å². The molecule has 0 amide bonds. The third kappa shape index (κ3) is 5.85. The number of rotatable bonds is 8. The van der Waals surface area contributed by atoms with Crippen molar-refractivity contribution in [2.24, 2.45) is 0 Å². The Labute approximate surface area is 114 Å². The van der Waals surface area contributed by atoms with E-state index in [0.717, 1.165) is 12.1 Å². The molecule has 1 N–H and O–H groups in total. The quantitative estimate of drug-likeness (QED) is 0.590. The van der Waals surface area contributed by atoms with Gasteiger partial charge in [0, 0.05) is 18.2 Å². The molecule has 0 radical (unpaired) electrons. The molecule has 0 unspecified atom stereocenters. The zero-order chi connectivity index (χ0) is 13.4. The first-order chi connectivity index (χ1) is 8.57. The molecule has 0 saturated heterocycles. The van der Waals surface area contributed by atoms with Gasteiger partial charge in [-0.25, -0.2) is 8.42 Å². The summed E-state index contributed by atoms with van der Waals surface area (Å²) in [6.07, 6.45) is 0.658. The highest BCUT2D eigenvalue weighted by Gasteiger charge is 2.05. The Hall–Kier alpha value is -0.580. The first-order valence-electron chi connectivity index (χ1n) is 6.12. The highest BCUT2D eigenvalue weighted by Crippen LogP contribution is 2.07. The summed E-state index contributed by atoms with van der Waals surface area (Å²) in [7, 11) is -2.83. The van der Waals surface area contributed by atoms with E-state index in [0.29, 0.717) is 18.8 Å².